The van der Waals surface area contributed by atoms with Gasteiger partial charge in [0.25, 0.3) is 12.3 Å². The van der Waals surface area contributed by atoms with Gasteiger partial charge in [0.1, 0.15) is 17.0 Å². The van der Waals surface area contributed by atoms with Gasteiger partial charge in [-0.15, -0.1) is 0 Å². The van der Waals surface area contributed by atoms with E-state index in [1.807, 2.05) is 0 Å². The van der Waals surface area contributed by atoms with Crippen LogP contribution in [-0.4, -0.2) is 43.8 Å². The molecule has 1 aliphatic carbocycles. The van der Waals surface area contributed by atoms with E-state index >= 15 is 0 Å². The fourth-order valence-electron chi connectivity index (χ4n) is 3.98. The Morgan fingerprint density at radius 1 is 1.23 bits per heavy atom. The summed E-state index contributed by atoms with van der Waals surface area (Å²) >= 11 is 6.34. The Morgan fingerprint density at radius 2 is 1.86 bits per heavy atom. The molecule has 35 heavy (non-hydrogen) atoms. The molecule has 0 aliphatic heterocycles. The highest BCUT2D eigenvalue weighted by Gasteiger charge is 2.27. The first-order valence-electron chi connectivity index (χ1n) is 11.3. The van der Waals surface area contributed by atoms with Crippen molar-refractivity contribution in [3.63, 3.8) is 0 Å². The van der Waals surface area contributed by atoms with Crippen molar-refractivity contribution in [1.29, 1.82) is 0 Å². The fourth-order valence-corrected chi connectivity index (χ4v) is 4.21. The molecule has 188 valence electrons. The van der Waals surface area contributed by atoms with E-state index in [2.05, 4.69) is 22.1 Å². The van der Waals surface area contributed by atoms with Crippen molar-refractivity contribution in [1.82, 2.24) is 14.9 Å². The van der Waals surface area contributed by atoms with E-state index in [9.17, 15) is 23.5 Å². The molecule has 3 N–H and O–H groups in total. The molecule has 1 amide bonds. The Kier molecular flexibility index (Phi) is 8.51. The van der Waals surface area contributed by atoms with Gasteiger partial charge >= 0.3 is 5.97 Å². The van der Waals surface area contributed by atoms with E-state index in [1.165, 1.54) is 42.7 Å². The molecule has 0 bridgehead atoms. The van der Waals surface area contributed by atoms with Crippen molar-refractivity contribution < 1.29 is 28.6 Å². The highest BCUT2D eigenvalue weighted by molar-refractivity contribution is 6.29. The van der Waals surface area contributed by atoms with Gasteiger partial charge in [-0.2, -0.15) is 0 Å². The summed E-state index contributed by atoms with van der Waals surface area (Å²) in [6, 6.07) is 5.69. The number of aliphatic hydroxyl groups is 1. The first-order chi connectivity index (χ1) is 16.4. The van der Waals surface area contributed by atoms with Crippen LogP contribution in [0.1, 0.15) is 73.3 Å². The van der Waals surface area contributed by atoms with Gasteiger partial charge in [-0.1, -0.05) is 30.2 Å². The third kappa shape index (κ3) is 7.26. The zero-order valence-corrected chi connectivity index (χ0v) is 20.3. The molecular formula is C25H28ClF2N3O4. The molecule has 0 atom stereocenters. The van der Waals surface area contributed by atoms with Gasteiger partial charge in [-0.05, 0) is 68.5 Å². The van der Waals surface area contributed by atoms with Gasteiger partial charge in [0.05, 0.1) is 12.5 Å². The number of alkyl halides is 2. The number of carboxylic acids is 1. The van der Waals surface area contributed by atoms with Crippen molar-refractivity contribution >= 4 is 23.5 Å². The number of aliphatic carboxylic acids is 1. The maximum Gasteiger partial charge on any atom is 0.306 e. The average molecular weight is 508 g/mol. The molecule has 0 radical (unpaired) electrons. The number of aromatic nitrogens is 2. The molecule has 0 spiro atoms. The molecule has 1 aromatic carbocycles. The van der Waals surface area contributed by atoms with Crippen LogP contribution in [-0.2, 0) is 11.3 Å². The number of hydrogen-bond acceptors (Lipinski definition) is 4. The third-order valence-corrected chi connectivity index (χ3v) is 6.23. The standard InChI is InChI=1S/C25H28ClF2N3O4/c1-25(2,35)12-11-19-20(22(32)29-13-15-3-9-18(10-4-15)23(33)34)31(24(26)30-19)14-16-5-7-17(8-6-16)21(27)28/h5-8,15,18,21,35H,3-4,9-10,13-14H2,1-2H3,(H,29,32)(H,33,34)/t15-,18-. The fraction of sp³-hybridized carbons (Fsp3) is 0.480. The molecule has 1 heterocycles. The molecule has 10 heteroatoms. The quantitative estimate of drug-likeness (QED) is 0.486. The van der Waals surface area contributed by atoms with E-state index in [0.29, 0.717) is 37.8 Å². The second-order valence-electron chi connectivity index (χ2n) is 9.28. The normalized spacial score (nSPS) is 18.1. The summed E-state index contributed by atoms with van der Waals surface area (Å²) in [5, 5.41) is 22.0. The van der Waals surface area contributed by atoms with Crippen LogP contribution in [0.2, 0.25) is 5.28 Å². The van der Waals surface area contributed by atoms with Crippen molar-refractivity contribution in [2.24, 2.45) is 11.8 Å². The monoisotopic (exact) mass is 507 g/mol. The summed E-state index contributed by atoms with van der Waals surface area (Å²) in [5.74, 6) is 3.90. The van der Waals surface area contributed by atoms with Crippen LogP contribution in [0.3, 0.4) is 0 Å². The first kappa shape index (κ1) is 26.6. The summed E-state index contributed by atoms with van der Waals surface area (Å²) in [4.78, 5) is 28.6. The minimum absolute atomic E-state index is 0.00454. The number of amides is 1. The lowest BCUT2D eigenvalue weighted by molar-refractivity contribution is -0.143. The summed E-state index contributed by atoms with van der Waals surface area (Å²) in [5.41, 5.74) is -0.607. The van der Waals surface area contributed by atoms with Gasteiger partial charge in [-0.3, -0.25) is 9.59 Å². The molecule has 3 rings (SSSR count). The van der Waals surface area contributed by atoms with E-state index in [-0.39, 0.29) is 40.6 Å². The number of nitrogens with zero attached hydrogens (tertiary/aromatic N) is 2. The van der Waals surface area contributed by atoms with E-state index in [0.717, 1.165) is 0 Å². The molecule has 1 aromatic heterocycles. The van der Waals surface area contributed by atoms with Gasteiger partial charge in [0.15, 0.2) is 0 Å². The molecule has 2 aromatic rings. The Hall–Kier alpha value is -2.96. The van der Waals surface area contributed by atoms with Gasteiger partial charge in [0.2, 0.25) is 5.28 Å². The Bertz CT molecular complexity index is 1120. The lowest BCUT2D eigenvalue weighted by Gasteiger charge is -2.26. The van der Waals surface area contributed by atoms with Crippen molar-refractivity contribution in [2.75, 3.05) is 6.54 Å². The maximum absolute atomic E-state index is 13.2. The maximum atomic E-state index is 13.2. The lowest BCUT2D eigenvalue weighted by atomic mass is 9.82. The van der Waals surface area contributed by atoms with Crippen LogP contribution < -0.4 is 5.32 Å². The number of halogens is 3. The number of carboxylic acid groups (broad SMARTS) is 1. The van der Waals surface area contributed by atoms with E-state index < -0.39 is 23.9 Å². The average Bonchev–Trinajstić information content (AvgIpc) is 3.11. The Morgan fingerprint density at radius 3 is 2.40 bits per heavy atom. The second kappa shape index (κ2) is 11.2. The molecule has 0 unspecified atom stereocenters. The van der Waals surface area contributed by atoms with Crippen LogP contribution in [0.25, 0.3) is 0 Å². The second-order valence-corrected chi connectivity index (χ2v) is 9.62. The van der Waals surface area contributed by atoms with Crippen LogP contribution in [0.5, 0.6) is 0 Å². The van der Waals surface area contributed by atoms with Crippen LogP contribution >= 0.6 is 11.6 Å². The van der Waals surface area contributed by atoms with Crippen molar-refractivity contribution in [3.8, 4) is 11.8 Å². The third-order valence-electron chi connectivity index (χ3n) is 5.94. The summed E-state index contributed by atoms with van der Waals surface area (Å²) < 4.78 is 27.2. The molecular weight excluding hydrogens is 480 g/mol. The molecule has 7 nitrogen and oxygen atoms in total. The largest absolute Gasteiger partial charge is 0.481 e. The minimum atomic E-state index is -2.59. The van der Waals surface area contributed by atoms with Crippen molar-refractivity contribution in [2.45, 2.75) is 58.1 Å². The Labute approximate surface area is 207 Å². The summed E-state index contributed by atoms with van der Waals surface area (Å²) in [6.07, 6.45) is -0.0674. The Balaban J connectivity index is 1.83. The number of carbonyl (C=O) groups is 2. The minimum Gasteiger partial charge on any atom is -0.481 e. The van der Waals surface area contributed by atoms with Crippen LogP contribution in [0, 0.1) is 23.7 Å². The van der Waals surface area contributed by atoms with Crippen molar-refractivity contribution in [3.05, 3.63) is 52.1 Å². The molecule has 0 saturated heterocycles. The zero-order valence-electron chi connectivity index (χ0n) is 19.5. The van der Waals surface area contributed by atoms with Crippen LogP contribution in [0.15, 0.2) is 24.3 Å². The summed E-state index contributed by atoms with van der Waals surface area (Å²) in [7, 11) is 0. The molecule has 1 fully saturated rings. The predicted octanol–water partition coefficient (Wildman–Crippen LogP) is 4.27. The summed E-state index contributed by atoms with van der Waals surface area (Å²) in [6.45, 7) is 3.45. The van der Waals surface area contributed by atoms with Gasteiger partial charge in [-0.25, -0.2) is 13.8 Å². The van der Waals surface area contributed by atoms with Gasteiger partial charge in [0, 0.05) is 12.1 Å². The van der Waals surface area contributed by atoms with E-state index in [1.54, 1.807) is 0 Å². The zero-order chi connectivity index (χ0) is 25.8. The number of nitrogens with one attached hydrogen (secondary N) is 1. The first-order valence-corrected chi connectivity index (χ1v) is 11.7. The SMILES string of the molecule is CC(C)(O)C#Cc1nc(Cl)n(Cc2ccc(C(F)F)cc2)c1C(=O)NC[C@H]1CC[C@H](C(=O)O)CC1. The molecule has 1 aliphatic rings. The topological polar surface area (TPSA) is 104 Å². The number of rotatable bonds is 7. The number of hydrogen-bond donors (Lipinski definition) is 3. The number of imidazole rings is 1. The highest BCUT2D eigenvalue weighted by atomic mass is 35.5. The molecule has 1 saturated carbocycles. The van der Waals surface area contributed by atoms with E-state index in [4.69, 9.17) is 16.7 Å². The smallest absolute Gasteiger partial charge is 0.306 e. The highest BCUT2D eigenvalue weighted by Crippen LogP contribution is 2.29. The number of carbonyl (C=O) groups excluding carboxylic acids is 1. The van der Waals surface area contributed by atoms with Crippen LogP contribution in [0.4, 0.5) is 8.78 Å². The lowest BCUT2D eigenvalue weighted by Crippen LogP contribution is -2.34. The van der Waals surface area contributed by atoms with Gasteiger partial charge < -0.3 is 20.1 Å². The predicted molar refractivity (Wildman–Crippen MR) is 126 cm³/mol. The number of benzene rings is 1.